The minimum Gasteiger partial charge on any atom is -0.480 e. The van der Waals surface area contributed by atoms with Gasteiger partial charge in [0.2, 0.25) is 7.37 Å². The molecule has 0 rings (SSSR count). The highest BCUT2D eigenvalue weighted by atomic mass is 31.2. The summed E-state index contributed by atoms with van der Waals surface area (Å²) in [5.74, 6) is -2.23. The number of carbonyl (C=O) groups excluding carboxylic acids is 1. The van der Waals surface area contributed by atoms with Gasteiger partial charge in [0.15, 0.2) is 6.04 Å². The van der Waals surface area contributed by atoms with Crippen LogP contribution in [0.1, 0.15) is 20.8 Å². The van der Waals surface area contributed by atoms with E-state index in [0.29, 0.717) is 0 Å². The van der Waals surface area contributed by atoms with Crippen molar-refractivity contribution in [1.29, 1.82) is 0 Å². The van der Waals surface area contributed by atoms with Crippen molar-refractivity contribution in [1.82, 2.24) is 10.4 Å². The molecule has 0 radical (unpaired) electrons. The van der Waals surface area contributed by atoms with Gasteiger partial charge in [-0.15, -0.1) is 0 Å². The summed E-state index contributed by atoms with van der Waals surface area (Å²) in [5, 5.41) is 20.0. The highest BCUT2D eigenvalue weighted by Gasteiger charge is 2.23. The Hall–Kier alpha value is -0.950. The zero-order chi connectivity index (χ0) is 14.9. The predicted molar refractivity (Wildman–Crippen MR) is 65.7 cm³/mol. The van der Waals surface area contributed by atoms with Crippen LogP contribution in [0.3, 0.4) is 0 Å². The summed E-state index contributed by atoms with van der Waals surface area (Å²) in [5.41, 5.74) is 0. The van der Waals surface area contributed by atoms with Crippen LogP contribution in [0, 0.1) is 0 Å². The van der Waals surface area contributed by atoms with E-state index in [4.69, 9.17) is 15.2 Å². The number of hydroxylamine groups is 2. The number of hydrogen-bond acceptors (Lipinski definition) is 5. The molecule has 1 amide bonds. The lowest BCUT2D eigenvalue weighted by Gasteiger charge is -2.19. The molecule has 0 saturated heterocycles. The molecule has 108 valence electrons. The monoisotopic (exact) mass is 284 g/mol. The number of hydrogen-bond donors (Lipinski definition) is 4. The predicted octanol–water partition coefficient (Wildman–Crippen LogP) is 0.151. The van der Waals surface area contributed by atoms with Gasteiger partial charge in [-0.3, -0.25) is 19.9 Å². The van der Waals surface area contributed by atoms with Gasteiger partial charge in [0.1, 0.15) is 0 Å². The van der Waals surface area contributed by atoms with Gasteiger partial charge in [0.05, 0.1) is 12.8 Å². The zero-order valence-electron chi connectivity index (χ0n) is 11.0. The largest absolute Gasteiger partial charge is 0.480 e. The molecule has 0 heterocycles. The Morgan fingerprint density at radius 1 is 1.39 bits per heavy atom. The molecule has 9 heteroatoms. The zero-order valence-corrected chi connectivity index (χ0v) is 11.8. The smallest absolute Gasteiger partial charge is 0.328 e. The van der Waals surface area contributed by atoms with E-state index in [9.17, 15) is 14.2 Å². The van der Waals surface area contributed by atoms with E-state index in [1.54, 1.807) is 0 Å². The van der Waals surface area contributed by atoms with Gasteiger partial charge in [-0.2, -0.15) is 0 Å². The second-order valence-corrected chi connectivity index (χ2v) is 5.81. The molecule has 4 N–H and O–H groups in total. The molecule has 2 atom stereocenters. The number of carboxylic acids is 1. The van der Waals surface area contributed by atoms with Crippen LogP contribution in [0.15, 0.2) is 0 Å². The van der Waals surface area contributed by atoms with Crippen molar-refractivity contribution in [3.8, 4) is 0 Å². The van der Waals surface area contributed by atoms with E-state index in [-0.39, 0.29) is 11.3 Å². The highest BCUT2D eigenvalue weighted by molar-refractivity contribution is 7.57. The fraction of sp³-hybridized carbons (Fsp3) is 0.778. The van der Waals surface area contributed by atoms with Gasteiger partial charge >= 0.3 is 5.97 Å². The second-order valence-electron chi connectivity index (χ2n) is 3.39. The van der Waals surface area contributed by atoms with E-state index in [1.807, 2.05) is 13.8 Å². The quantitative estimate of drug-likeness (QED) is 0.310. The molecule has 0 aliphatic rings. The number of carbonyl (C=O) groups is 2. The summed E-state index contributed by atoms with van der Waals surface area (Å²) in [7, 11) is -3.27. The molecule has 0 aliphatic heterocycles. The molecule has 18 heavy (non-hydrogen) atoms. The van der Waals surface area contributed by atoms with Crippen LogP contribution in [0.5, 0.6) is 0 Å². The number of amides is 1. The third-order valence-corrected chi connectivity index (χ3v) is 2.47. The lowest BCUT2D eigenvalue weighted by molar-refractivity contribution is -0.183. The summed E-state index contributed by atoms with van der Waals surface area (Å²) in [6.45, 7) is 5.84. The molecular weight excluding hydrogens is 263 g/mol. The maximum atomic E-state index is 11.2. The molecular formula is C9H21N2O6P. The Morgan fingerprint density at radius 3 is 2.17 bits per heavy atom. The molecule has 0 bridgehead atoms. The molecule has 0 spiro atoms. The molecule has 0 saturated carbocycles. The van der Waals surface area contributed by atoms with Crippen molar-refractivity contribution in [2.75, 3.05) is 19.5 Å². The number of nitrogens with zero attached hydrogens (tertiary/aromatic N) is 1. The minimum atomic E-state index is -3.27. The Labute approximate surface area is 106 Å². The van der Waals surface area contributed by atoms with Crippen molar-refractivity contribution in [2.24, 2.45) is 0 Å². The van der Waals surface area contributed by atoms with Gasteiger partial charge in [-0.1, -0.05) is 13.8 Å². The Kier molecular flexibility index (Phi) is 9.74. The van der Waals surface area contributed by atoms with Crippen LogP contribution in [0.25, 0.3) is 0 Å². The fourth-order valence-corrected chi connectivity index (χ4v) is 1.30. The van der Waals surface area contributed by atoms with E-state index in [1.165, 1.54) is 0 Å². The van der Waals surface area contributed by atoms with Gasteiger partial charge in [-0.25, -0.2) is 9.86 Å². The lowest BCUT2D eigenvalue weighted by atomic mass is 10.3. The van der Waals surface area contributed by atoms with Crippen molar-refractivity contribution >= 4 is 19.2 Å². The van der Waals surface area contributed by atoms with Crippen molar-refractivity contribution in [3.05, 3.63) is 0 Å². The number of nitrogens with one attached hydrogen (secondary N) is 1. The maximum absolute atomic E-state index is 11.2. The van der Waals surface area contributed by atoms with Gasteiger partial charge in [-0.05, 0) is 6.92 Å². The summed E-state index contributed by atoms with van der Waals surface area (Å²) in [4.78, 5) is 30.5. The average Bonchev–Trinajstić information content (AvgIpc) is 2.27. The topological polar surface area (TPSA) is 127 Å². The highest BCUT2D eigenvalue weighted by Crippen LogP contribution is 2.32. The van der Waals surface area contributed by atoms with Crippen LogP contribution < -0.4 is 5.32 Å². The molecule has 8 nitrogen and oxygen atoms in total. The van der Waals surface area contributed by atoms with Crippen molar-refractivity contribution in [2.45, 2.75) is 26.8 Å². The van der Waals surface area contributed by atoms with Crippen LogP contribution in [0.2, 0.25) is 0 Å². The number of rotatable bonds is 6. The first-order valence-electron chi connectivity index (χ1n) is 5.39. The van der Waals surface area contributed by atoms with E-state index in [0.717, 1.165) is 13.6 Å². The summed E-state index contributed by atoms with van der Waals surface area (Å²) in [6.07, 6.45) is -0.284. The Bertz CT molecular complexity index is 316. The van der Waals surface area contributed by atoms with Gasteiger partial charge in [0.25, 0.3) is 5.91 Å². The van der Waals surface area contributed by atoms with E-state index in [2.05, 4.69) is 5.32 Å². The minimum absolute atomic E-state index is 0.0628. The van der Waals surface area contributed by atoms with Crippen LogP contribution in [0.4, 0.5) is 0 Å². The van der Waals surface area contributed by atoms with Gasteiger partial charge < -0.3 is 10.00 Å². The van der Waals surface area contributed by atoms with E-state index >= 15 is 0 Å². The maximum Gasteiger partial charge on any atom is 0.328 e. The lowest BCUT2D eigenvalue weighted by Crippen LogP contribution is -2.44. The fourth-order valence-electron chi connectivity index (χ4n) is 0.772. The standard InChI is InChI=1S/C7H15N2O6P.C2H6/c1-5(7(11)12)9(13)6(10)3-8-4-16(2,14)15;1-2/h5,8,13H,3-4H2,1-2H3,(H,11,12)(H,14,15);1-2H3. The second kappa shape index (κ2) is 9.04. The normalized spacial score (nSPS) is 14.8. The third-order valence-electron chi connectivity index (χ3n) is 1.66. The summed E-state index contributed by atoms with van der Waals surface area (Å²) < 4.78 is 10.8. The SMILES string of the molecule is CC.CC(C(=O)O)N(O)C(=O)CNCP(C)(=O)O. The van der Waals surface area contributed by atoms with Crippen LogP contribution in [-0.2, 0) is 14.2 Å². The molecule has 0 aromatic carbocycles. The average molecular weight is 284 g/mol. The first kappa shape index (κ1) is 19.4. The molecule has 0 aliphatic carbocycles. The van der Waals surface area contributed by atoms with E-state index < -0.39 is 31.8 Å². The Balaban J connectivity index is 0. The molecule has 0 aromatic rings. The van der Waals surface area contributed by atoms with Crippen molar-refractivity contribution < 1.29 is 29.4 Å². The van der Waals surface area contributed by atoms with Crippen molar-refractivity contribution in [3.63, 3.8) is 0 Å². The molecule has 2 unspecified atom stereocenters. The first-order valence-corrected chi connectivity index (χ1v) is 7.68. The van der Waals surface area contributed by atoms with Crippen LogP contribution >= 0.6 is 7.37 Å². The summed E-state index contributed by atoms with van der Waals surface area (Å²) in [6, 6.07) is -1.36. The summed E-state index contributed by atoms with van der Waals surface area (Å²) >= 11 is 0. The number of carboxylic acid groups (broad SMARTS) is 1. The first-order chi connectivity index (χ1) is 8.15. The third kappa shape index (κ3) is 9.12. The van der Waals surface area contributed by atoms with Crippen LogP contribution in [-0.4, -0.2) is 57.7 Å². The molecule has 0 aromatic heterocycles. The number of aliphatic carboxylic acids is 1. The Morgan fingerprint density at radius 2 is 1.83 bits per heavy atom. The van der Waals surface area contributed by atoms with Gasteiger partial charge in [0, 0.05) is 6.66 Å². The molecule has 0 fully saturated rings.